The topological polar surface area (TPSA) is 21.3 Å². The first-order valence-electron chi connectivity index (χ1n) is 12.6. The highest BCUT2D eigenvalue weighted by molar-refractivity contribution is 6.25. The molecule has 3 heteroatoms. The number of hydrogen-bond donors (Lipinski definition) is 1. The Morgan fingerprint density at radius 3 is 1.85 bits per heavy atom. The van der Waals surface area contributed by atoms with Gasteiger partial charge in [0.15, 0.2) is 0 Å². The fraction of sp³-hybridized carbons (Fsp3) is 0.333. The lowest BCUT2D eigenvalue weighted by Crippen LogP contribution is -2.52. The van der Waals surface area contributed by atoms with E-state index in [1.807, 2.05) is 0 Å². The van der Waals surface area contributed by atoms with E-state index >= 15 is 0 Å². The summed E-state index contributed by atoms with van der Waals surface area (Å²) in [5.74, 6) is 0.686. The van der Waals surface area contributed by atoms with Crippen molar-refractivity contribution in [3.05, 3.63) is 96.1 Å². The number of nitrogens with one attached hydrogen (secondary N) is 1. The van der Waals surface area contributed by atoms with E-state index in [0.29, 0.717) is 19.6 Å². The molecule has 0 bridgehead atoms. The molecule has 0 aromatic heterocycles. The molecule has 166 valence electrons. The molecule has 2 aliphatic rings. The fourth-order valence-corrected chi connectivity index (χ4v) is 6.54. The van der Waals surface area contributed by atoms with E-state index < -0.39 is 0 Å². The van der Waals surface area contributed by atoms with E-state index in [4.69, 9.17) is 4.65 Å². The van der Waals surface area contributed by atoms with Crippen LogP contribution in [0, 0.1) is 5.92 Å². The number of hydrogen-bond acceptors (Lipinski definition) is 2. The molecule has 0 spiro atoms. The highest BCUT2D eigenvalue weighted by Gasteiger charge is 2.48. The minimum absolute atomic E-state index is 0.240. The molecular formula is C30H32BNO. The monoisotopic (exact) mass is 433 g/mol. The van der Waals surface area contributed by atoms with Crippen LogP contribution >= 0.6 is 0 Å². The van der Waals surface area contributed by atoms with Crippen molar-refractivity contribution in [1.82, 2.24) is 5.23 Å². The van der Waals surface area contributed by atoms with Crippen molar-refractivity contribution < 1.29 is 4.65 Å². The van der Waals surface area contributed by atoms with Gasteiger partial charge in [-0.3, -0.25) is 0 Å². The van der Waals surface area contributed by atoms with Gasteiger partial charge >= 0.3 is 7.62 Å². The zero-order valence-corrected chi connectivity index (χ0v) is 19.3. The van der Waals surface area contributed by atoms with Gasteiger partial charge in [-0.2, -0.15) is 0 Å². The molecule has 0 radical (unpaired) electrons. The van der Waals surface area contributed by atoms with Crippen LogP contribution in [0.2, 0.25) is 0 Å². The maximum atomic E-state index is 6.80. The van der Waals surface area contributed by atoms with E-state index in [-0.39, 0.29) is 5.60 Å². The molecule has 1 atom stereocenters. The van der Waals surface area contributed by atoms with Crippen molar-refractivity contribution in [2.24, 2.45) is 5.92 Å². The van der Waals surface area contributed by atoms with E-state index in [2.05, 4.69) is 90.2 Å². The normalized spacial score (nSPS) is 20.8. The van der Waals surface area contributed by atoms with Crippen LogP contribution in [-0.2, 0) is 17.5 Å². The second kappa shape index (κ2) is 8.97. The molecule has 33 heavy (non-hydrogen) atoms. The summed E-state index contributed by atoms with van der Waals surface area (Å²) in [4.78, 5) is 0. The third-order valence-electron chi connectivity index (χ3n) is 8.09. The van der Waals surface area contributed by atoms with Gasteiger partial charge in [-0.15, -0.1) is 0 Å². The lowest BCUT2D eigenvalue weighted by molar-refractivity contribution is 0.0443. The van der Waals surface area contributed by atoms with Gasteiger partial charge in [-0.1, -0.05) is 104 Å². The predicted molar refractivity (Wildman–Crippen MR) is 140 cm³/mol. The highest BCUT2D eigenvalue weighted by Crippen LogP contribution is 2.40. The van der Waals surface area contributed by atoms with Gasteiger partial charge in [0, 0.05) is 18.9 Å². The molecule has 2 fully saturated rings. The quantitative estimate of drug-likeness (QED) is 0.370. The van der Waals surface area contributed by atoms with E-state index in [1.54, 1.807) is 0 Å². The van der Waals surface area contributed by atoms with Crippen LogP contribution in [-0.4, -0.2) is 19.3 Å². The first-order valence-corrected chi connectivity index (χ1v) is 12.6. The van der Waals surface area contributed by atoms with Crippen LogP contribution in [0.3, 0.4) is 0 Å². The third-order valence-corrected chi connectivity index (χ3v) is 8.09. The van der Waals surface area contributed by atoms with Crippen molar-refractivity contribution in [2.45, 2.75) is 56.6 Å². The van der Waals surface area contributed by atoms with Gasteiger partial charge < -0.3 is 9.88 Å². The van der Waals surface area contributed by atoms with Gasteiger partial charge in [-0.25, -0.2) is 0 Å². The fourth-order valence-electron chi connectivity index (χ4n) is 6.54. The molecule has 4 aromatic carbocycles. The summed E-state index contributed by atoms with van der Waals surface area (Å²) < 4.78 is 6.80. The highest BCUT2D eigenvalue weighted by atomic mass is 16.5. The predicted octanol–water partition coefficient (Wildman–Crippen LogP) is 6.35. The zero-order valence-electron chi connectivity index (χ0n) is 19.3. The summed E-state index contributed by atoms with van der Waals surface area (Å²) in [6, 6.07) is 31.5. The van der Waals surface area contributed by atoms with Crippen molar-refractivity contribution in [2.75, 3.05) is 0 Å². The molecule has 1 N–H and O–H groups in total. The first-order chi connectivity index (χ1) is 16.3. The van der Waals surface area contributed by atoms with Crippen LogP contribution in [0.1, 0.15) is 43.2 Å². The summed E-state index contributed by atoms with van der Waals surface area (Å²) in [6.45, 7) is 0. The molecular weight excluding hydrogens is 401 g/mol. The molecule has 4 aromatic rings. The second-order valence-corrected chi connectivity index (χ2v) is 10.1. The Morgan fingerprint density at radius 2 is 1.24 bits per heavy atom. The lowest BCUT2D eigenvalue weighted by atomic mass is 9.72. The Labute approximate surface area is 197 Å². The molecule has 1 aliphatic carbocycles. The Kier molecular flexibility index (Phi) is 5.69. The Balaban J connectivity index is 1.45. The average Bonchev–Trinajstić information content (AvgIpc) is 3.28. The molecule has 1 saturated heterocycles. The van der Waals surface area contributed by atoms with Gasteiger partial charge in [0.1, 0.15) is 0 Å². The Morgan fingerprint density at radius 1 is 0.697 bits per heavy atom. The van der Waals surface area contributed by atoms with Gasteiger partial charge in [0.25, 0.3) is 0 Å². The van der Waals surface area contributed by atoms with Gasteiger partial charge in [-0.05, 0) is 51.4 Å². The van der Waals surface area contributed by atoms with Crippen LogP contribution < -0.4 is 5.23 Å². The van der Waals surface area contributed by atoms with Crippen LogP contribution in [0.4, 0.5) is 0 Å². The molecule has 1 unspecified atom stereocenters. The van der Waals surface area contributed by atoms with E-state index in [9.17, 15) is 0 Å². The molecule has 0 amide bonds. The summed E-state index contributed by atoms with van der Waals surface area (Å²) in [5.41, 5.74) is 2.56. The average molecular weight is 433 g/mol. The standard InChI is InChI=1S/C30H32BNO/c1-2-12-24(13-3-1)29-30(33-31-32-29,20-25-16-8-14-22-10-4-6-18-27(22)25)21-26-17-9-15-23-11-5-7-19-28(23)26/h4-11,14-19,24,29,31-32H,1-3,12-13,20-21H2. The summed E-state index contributed by atoms with van der Waals surface area (Å²) in [6.07, 6.45) is 8.58. The van der Waals surface area contributed by atoms with Crippen molar-refractivity contribution in [3.63, 3.8) is 0 Å². The van der Waals surface area contributed by atoms with Crippen molar-refractivity contribution in [1.29, 1.82) is 0 Å². The zero-order chi connectivity index (χ0) is 22.1. The molecule has 1 aliphatic heterocycles. The summed E-state index contributed by atoms with van der Waals surface area (Å²) in [5, 5.41) is 9.18. The number of fused-ring (bicyclic) bond motifs is 2. The molecule has 6 rings (SSSR count). The molecule has 2 nitrogen and oxygen atoms in total. The van der Waals surface area contributed by atoms with Crippen LogP contribution in [0.25, 0.3) is 21.5 Å². The van der Waals surface area contributed by atoms with Gasteiger partial charge in [0.05, 0.1) is 5.60 Å². The maximum Gasteiger partial charge on any atom is 0.361 e. The summed E-state index contributed by atoms with van der Waals surface area (Å²) >= 11 is 0. The molecule has 1 heterocycles. The SMILES string of the molecule is B1NC(C2CCCCC2)C(Cc2cccc3ccccc23)(Cc2cccc3ccccc23)O1. The van der Waals surface area contributed by atoms with Gasteiger partial charge in [0.2, 0.25) is 0 Å². The molecule has 1 saturated carbocycles. The first kappa shape index (κ1) is 21.0. The second-order valence-electron chi connectivity index (χ2n) is 10.1. The van der Waals surface area contributed by atoms with E-state index in [0.717, 1.165) is 12.8 Å². The smallest absolute Gasteiger partial charge is 0.361 e. The van der Waals surface area contributed by atoms with Crippen LogP contribution in [0.15, 0.2) is 84.9 Å². The third kappa shape index (κ3) is 3.98. The Hall–Kier alpha value is -2.62. The van der Waals surface area contributed by atoms with E-state index in [1.165, 1.54) is 64.8 Å². The minimum atomic E-state index is -0.240. The number of benzene rings is 4. The van der Waals surface area contributed by atoms with Crippen LogP contribution in [0.5, 0.6) is 0 Å². The minimum Gasteiger partial charge on any atom is -0.416 e. The van der Waals surface area contributed by atoms with Crippen molar-refractivity contribution in [3.8, 4) is 0 Å². The lowest BCUT2D eigenvalue weighted by Gasteiger charge is -2.41. The Bertz CT molecular complexity index is 1170. The number of rotatable bonds is 5. The largest absolute Gasteiger partial charge is 0.416 e. The van der Waals surface area contributed by atoms with Crippen molar-refractivity contribution >= 4 is 29.2 Å². The summed E-state index contributed by atoms with van der Waals surface area (Å²) in [7, 11) is 0.650. The maximum absolute atomic E-state index is 6.80.